The molecule has 1 saturated carbocycles. The summed E-state index contributed by atoms with van der Waals surface area (Å²) in [5.41, 5.74) is 0.604. The maximum absolute atomic E-state index is 12.3. The largest absolute Gasteiger partial charge is 0.493 e. The van der Waals surface area contributed by atoms with Gasteiger partial charge in [-0.3, -0.25) is 0 Å². The molecule has 2 rings (SSSR count). The van der Waals surface area contributed by atoms with E-state index in [0.29, 0.717) is 22.9 Å². The summed E-state index contributed by atoms with van der Waals surface area (Å²) in [5, 5.41) is 5.94. The van der Waals surface area contributed by atoms with Crippen molar-refractivity contribution in [1.29, 1.82) is 0 Å². The number of carbonyl (C=O) groups is 1. The van der Waals surface area contributed by atoms with Gasteiger partial charge in [-0.2, -0.15) is 0 Å². The number of nitrogens with one attached hydrogen (secondary N) is 2. The fraction of sp³-hybridized carbons (Fsp3) is 0.611. The molecule has 0 bridgehead atoms. The van der Waals surface area contributed by atoms with E-state index >= 15 is 0 Å². The van der Waals surface area contributed by atoms with Crippen molar-refractivity contribution in [3.63, 3.8) is 0 Å². The lowest BCUT2D eigenvalue weighted by Crippen LogP contribution is -2.38. The van der Waals surface area contributed by atoms with Crippen LogP contribution >= 0.6 is 0 Å². The van der Waals surface area contributed by atoms with Crippen LogP contribution in [-0.4, -0.2) is 33.4 Å². The number of anilines is 1. The fourth-order valence-corrected chi connectivity index (χ4v) is 3.11. The number of rotatable bonds is 5. The number of hydrogen-bond donors (Lipinski definition) is 2. The molecule has 0 aromatic heterocycles. The van der Waals surface area contributed by atoms with Crippen molar-refractivity contribution in [2.45, 2.75) is 51.0 Å². The van der Waals surface area contributed by atoms with Crippen molar-refractivity contribution in [3.8, 4) is 17.2 Å². The molecule has 6 nitrogen and oxygen atoms in total. The molecule has 0 atom stereocenters. The van der Waals surface area contributed by atoms with Gasteiger partial charge in [-0.15, -0.1) is 0 Å². The van der Waals surface area contributed by atoms with E-state index < -0.39 is 0 Å². The molecular formula is C18H28N2O4. The van der Waals surface area contributed by atoms with Crippen molar-refractivity contribution in [3.05, 3.63) is 12.1 Å². The summed E-state index contributed by atoms with van der Waals surface area (Å²) in [6.07, 6.45) is 8.26. The summed E-state index contributed by atoms with van der Waals surface area (Å²) >= 11 is 0. The van der Waals surface area contributed by atoms with E-state index in [1.54, 1.807) is 33.5 Å². The third-order valence-corrected chi connectivity index (χ3v) is 4.36. The third-order valence-electron chi connectivity index (χ3n) is 4.36. The Morgan fingerprint density at radius 2 is 1.46 bits per heavy atom. The van der Waals surface area contributed by atoms with Crippen LogP contribution in [0.1, 0.15) is 44.9 Å². The molecule has 6 heteroatoms. The van der Waals surface area contributed by atoms with Crippen molar-refractivity contribution in [2.24, 2.45) is 0 Å². The Bertz CT molecular complexity index is 515. The third kappa shape index (κ3) is 4.94. The van der Waals surface area contributed by atoms with Crippen molar-refractivity contribution in [2.75, 3.05) is 26.6 Å². The first-order valence-corrected chi connectivity index (χ1v) is 8.55. The van der Waals surface area contributed by atoms with E-state index in [4.69, 9.17) is 14.2 Å². The molecule has 1 aromatic rings. The van der Waals surface area contributed by atoms with Crippen LogP contribution in [0.3, 0.4) is 0 Å². The number of ether oxygens (including phenoxy) is 3. The molecule has 134 valence electrons. The minimum atomic E-state index is -0.199. The number of benzene rings is 1. The quantitative estimate of drug-likeness (QED) is 0.854. The average molecular weight is 336 g/mol. The number of urea groups is 1. The first kappa shape index (κ1) is 18.2. The van der Waals surface area contributed by atoms with Gasteiger partial charge in [0.05, 0.1) is 27.0 Å². The van der Waals surface area contributed by atoms with Crippen molar-refractivity contribution in [1.82, 2.24) is 5.32 Å². The molecule has 0 heterocycles. The van der Waals surface area contributed by atoms with Gasteiger partial charge in [-0.1, -0.05) is 32.1 Å². The van der Waals surface area contributed by atoms with Crippen LogP contribution in [0.25, 0.3) is 0 Å². The lowest BCUT2D eigenvalue weighted by molar-refractivity contribution is 0.245. The first-order chi connectivity index (χ1) is 11.7. The maximum Gasteiger partial charge on any atom is 0.319 e. The average Bonchev–Trinajstić information content (AvgIpc) is 2.56. The van der Waals surface area contributed by atoms with Crippen LogP contribution in [-0.2, 0) is 0 Å². The summed E-state index contributed by atoms with van der Waals surface area (Å²) in [7, 11) is 4.65. The minimum absolute atomic E-state index is 0.199. The van der Waals surface area contributed by atoms with Gasteiger partial charge in [0.1, 0.15) is 0 Å². The van der Waals surface area contributed by atoms with Crippen LogP contribution in [0.4, 0.5) is 10.5 Å². The topological polar surface area (TPSA) is 68.8 Å². The monoisotopic (exact) mass is 336 g/mol. The lowest BCUT2D eigenvalue weighted by Gasteiger charge is -2.21. The SMILES string of the molecule is COc1cc(NC(=O)NC2CCCCCCC2)cc(OC)c1OC. The van der Waals surface area contributed by atoms with Gasteiger partial charge >= 0.3 is 6.03 Å². The second-order valence-corrected chi connectivity index (χ2v) is 6.05. The predicted molar refractivity (Wildman–Crippen MR) is 94.4 cm³/mol. The lowest BCUT2D eigenvalue weighted by atomic mass is 9.97. The van der Waals surface area contributed by atoms with Crippen LogP contribution in [0.5, 0.6) is 17.2 Å². The van der Waals surface area contributed by atoms with Gasteiger partial charge in [0.15, 0.2) is 11.5 Å². The standard InChI is InChI=1S/C18H28N2O4/c1-22-15-11-14(12-16(23-2)17(15)24-3)20-18(21)19-13-9-7-5-4-6-8-10-13/h11-13H,4-10H2,1-3H3,(H2,19,20,21). The molecule has 2 amide bonds. The van der Waals surface area contributed by atoms with Gasteiger partial charge in [-0.05, 0) is 12.8 Å². The highest BCUT2D eigenvalue weighted by Gasteiger charge is 2.17. The fourth-order valence-electron chi connectivity index (χ4n) is 3.11. The number of methoxy groups -OCH3 is 3. The maximum atomic E-state index is 12.3. The summed E-state index contributed by atoms with van der Waals surface area (Å²) < 4.78 is 15.9. The molecule has 0 radical (unpaired) electrons. The molecule has 0 saturated heterocycles. The molecule has 1 aliphatic rings. The van der Waals surface area contributed by atoms with Gasteiger partial charge in [0, 0.05) is 18.2 Å². The number of hydrogen-bond acceptors (Lipinski definition) is 4. The summed E-state index contributed by atoms with van der Waals surface area (Å²) in [6, 6.07) is 3.49. The normalized spacial score (nSPS) is 15.8. The Kier molecular flexibility index (Phi) is 7.03. The van der Waals surface area contributed by atoms with E-state index in [9.17, 15) is 4.79 Å². The molecule has 0 unspecified atom stereocenters. The van der Waals surface area contributed by atoms with Crippen LogP contribution in [0.15, 0.2) is 12.1 Å². The minimum Gasteiger partial charge on any atom is -0.493 e. The van der Waals surface area contributed by atoms with Crippen LogP contribution in [0, 0.1) is 0 Å². The Morgan fingerprint density at radius 1 is 0.917 bits per heavy atom. The highest BCUT2D eigenvalue weighted by atomic mass is 16.5. The highest BCUT2D eigenvalue weighted by molar-refractivity contribution is 5.90. The zero-order valence-corrected chi connectivity index (χ0v) is 14.8. The van der Waals surface area contributed by atoms with Crippen LogP contribution < -0.4 is 24.8 Å². The molecular weight excluding hydrogens is 308 g/mol. The molecule has 0 spiro atoms. The summed E-state index contributed by atoms with van der Waals surface area (Å²) in [6.45, 7) is 0. The Morgan fingerprint density at radius 3 is 1.96 bits per heavy atom. The zero-order chi connectivity index (χ0) is 17.4. The van der Waals surface area contributed by atoms with E-state index in [1.165, 1.54) is 32.1 Å². The first-order valence-electron chi connectivity index (χ1n) is 8.55. The highest BCUT2D eigenvalue weighted by Crippen LogP contribution is 2.39. The molecule has 1 aliphatic carbocycles. The van der Waals surface area contributed by atoms with E-state index in [2.05, 4.69) is 10.6 Å². The second kappa shape index (κ2) is 9.25. The Balaban J connectivity index is 2.02. The van der Waals surface area contributed by atoms with E-state index in [-0.39, 0.29) is 12.1 Å². The molecule has 24 heavy (non-hydrogen) atoms. The predicted octanol–water partition coefficient (Wildman–Crippen LogP) is 3.95. The van der Waals surface area contributed by atoms with Gasteiger partial charge in [-0.25, -0.2) is 4.79 Å². The Labute approximate surface area is 143 Å². The smallest absolute Gasteiger partial charge is 0.319 e. The molecule has 1 fully saturated rings. The van der Waals surface area contributed by atoms with Crippen LogP contribution in [0.2, 0.25) is 0 Å². The zero-order valence-electron chi connectivity index (χ0n) is 14.8. The van der Waals surface area contributed by atoms with Gasteiger partial charge < -0.3 is 24.8 Å². The van der Waals surface area contributed by atoms with E-state index in [1.807, 2.05) is 0 Å². The molecule has 1 aromatic carbocycles. The Hall–Kier alpha value is -2.11. The van der Waals surface area contributed by atoms with Gasteiger partial charge in [0.25, 0.3) is 0 Å². The molecule has 0 aliphatic heterocycles. The summed E-state index contributed by atoms with van der Waals surface area (Å²) in [4.78, 5) is 12.3. The van der Waals surface area contributed by atoms with Gasteiger partial charge in [0.2, 0.25) is 5.75 Å². The van der Waals surface area contributed by atoms with E-state index in [0.717, 1.165) is 12.8 Å². The number of amides is 2. The van der Waals surface area contributed by atoms with Crippen molar-refractivity contribution >= 4 is 11.7 Å². The van der Waals surface area contributed by atoms with Crippen molar-refractivity contribution < 1.29 is 19.0 Å². The molecule has 2 N–H and O–H groups in total. The number of carbonyl (C=O) groups excluding carboxylic acids is 1. The summed E-state index contributed by atoms with van der Waals surface area (Å²) in [5.74, 6) is 1.53. The second-order valence-electron chi connectivity index (χ2n) is 6.05.